The highest BCUT2D eigenvalue weighted by molar-refractivity contribution is 6.08. The van der Waals surface area contributed by atoms with Crippen LogP contribution in [0.3, 0.4) is 0 Å². The summed E-state index contributed by atoms with van der Waals surface area (Å²) in [4.78, 5) is 4.70. The van der Waals surface area contributed by atoms with Crippen LogP contribution in [-0.4, -0.2) is 18.3 Å². The van der Waals surface area contributed by atoms with Crippen LogP contribution in [0.1, 0.15) is 19.8 Å². The van der Waals surface area contributed by atoms with Crippen molar-refractivity contribution in [2.75, 3.05) is 6.54 Å². The molecule has 0 amide bonds. The summed E-state index contributed by atoms with van der Waals surface area (Å²) in [5.74, 6) is 0. The van der Waals surface area contributed by atoms with Crippen molar-refractivity contribution in [2.24, 2.45) is 4.99 Å². The number of hydrogen-bond donors (Lipinski definition) is 1. The van der Waals surface area contributed by atoms with Crippen molar-refractivity contribution < 1.29 is 0 Å². The molecule has 1 atom stereocenters. The van der Waals surface area contributed by atoms with Crippen LogP contribution in [-0.2, 0) is 0 Å². The van der Waals surface area contributed by atoms with Gasteiger partial charge in [0.15, 0.2) is 0 Å². The van der Waals surface area contributed by atoms with Gasteiger partial charge in [-0.25, -0.2) is 0 Å². The van der Waals surface area contributed by atoms with Crippen LogP contribution in [0.5, 0.6) is 0 Å². The first-order valence-corrected chi connectivity index (χ1v) is 5.28. The van der Waals surface area contributed by atoms with E-state index >= 15 is 0 Å². The number of hydrogen-bond acceptors (Lipinski definition) is 2. The van der Waals surface area contributed by atoms with Gasteiger partial charge in [-0.15, -0.1) is 0 Å². The van der Waals surface area contributed by atoms with E-state index in [1.54, 1.807) is 0 Å². The lowest BCUT2D eigenvalue weighted by atomic mass is 9.92. The minimum Gasteiger partial charge on any atom is -0.309 e. The largest absolute Gasteiger partial charge is 0.309 e. The summed E-state index contributed by atoms with van der Waals surface area (Å²) < 4.78 is 0. The summed E-state index contributed by atoms with van der Waals surface area (Å²) in [5, 5.41) is 3.45. The van der Waals surface area contributed by atoms with Gasteiger partial charge in [0, 0.05) is 6.04 Å². The van der Waals surface area contributed by atoms with E-state index < -0.39 is 0 Å². The Balaban J connectivity index is 2.10. The Morgan fingerprint density at radius 2 is 2.36 bits per heavy atom. The fourth-order valence-electron chi connectivity index (χ4n) is 2.43. The van der Waals surface area contributed by atoms with Gasteiger partial charge in [0.2, 0.25) is 0 Å². The summed E-state index contributed by atoms with van der Waals surface area (Å²) >= 11 is 0. The van der Waals surface area contributed by atoms with Gasteiger partial charge >= 0.3 is 0 Å². The lowest BCUT2D eigenvalue weighted by Gasteiger charge is -2.23. The van der Waals surface area contributed by atoms with Crippen molar-refractivity contribution in [1.82, 2.24) is 5.32 Å². The normalized spacial score (nSPS) is 29.6. The predicted octanol–water partition coefficient (Wildman–Crippen LogP) is 1.96. The molecule has 0 bridgehead atoms. The zero-order valence-electron chi connectivity index (χ0n) is 8.38. The van der Waals surface area contributed by atoms with E-state index in [0.717, 1.165) is 19.4 Å². The molecule has 3 rings (SSSR count). The number of rotatable bonds is 0. The van der Waals surface area contributed by atoms with E-state index in [2.05, 4.69) is 30.5 Å². The van der Waals surface area contributed by atoms with Crippen molar-refractivity contribution in [3.8, 4) is 0 Å². The molecule has 1 aliphatic carbocycles. The average Bonchev–Trinajstić information content (AvgIpc) is 2.59. The van der Waals surface area contributed by atoms with E-state index in [0.29, 0.717) is 6.04 Å². The standard InChI is InChI=1S/C12H14N2/c1-8-12-10(6-7-13-8)9-4-2-3-5-11(9)14-12/h2-3,5,8,13H,4,6-7H2,1H3. The minimum atomic E-state index is 0.428. The molecule has 2 heteroatoms. The monoisotopic (exact) mass is 186 g/mol. The summed E-state index contributed by atoms with van der Waals surface area (Å²) in [6.45, 7) is 3.29. The van der Waals surface area contributed by atoms with Crippen molar-refractivity contribution in [3.63, 3.8) is 0 Å². The quantitative estimate of drug-likeness (QED) is 0.614. The zero-order chi connectivity index (χ0) is 9.54. The van der Waals surface area contributed by atoms with Gasteiger partial charge in [-0.2, -0.15) is 0 Å². The van der Waals surface area contributed by atoms with E-state index in [1.165, 1.54) is 22.6 Å². The van der Waals surface area contributed by atoms with Gasteiger partial charge in [0.25, 0.3) is 0 Å². The molecule has 1 fully saturated rings. The van der Waals surface area contributed by atoms with Crippen molar-refractivity contribution >= 4 is 5.71 Å². The van der Waals surface area contributed by atoms with Crippen LogP contribution >= 0.6 is 0 Å². The van der Waals surface area contributed by atoms with Crippen molar-refractivity contribution in [2.45, 2.75) is 25.8 Å². The van der Waals surface area contributed by atoms with Crippen LogP contribution in [0.4, 0.5) is 0 Å². The highest BCUT2D eigenvalue weighted by Crippen LogP contribution is 2.34. The van der Waals surface area contributed by atoms with Crippen molar-refractivity contribution in [1.29, 1.82) is 0 Å². The number of fused-ring (bicyclic) bond motifs is 2. The van der Waals surface area contributed by atoms with Gasteiger partial charge in [0.05, 0.1) is 11.4 Å². The summed E-state index contributed by atoms with van der Waals surface area (Å²) in [7, 11) is 0. The first kappa shape index (κ1) is 8.18. The zero-order valence-corrected chi connectivity index (χ0v) is 8.38. The fourth-order valence-corrected chi connectivity index (χ4v) is 2.43. The molecule has 0 saturated carbocycles. The second kappa shape index (κ2) is 2.92. The Morgan fingerprint density at radius 1 is 1.43 bits per heavy atom. The van der Waals surface area contributed by atoms with Gasteiger partial charge in [0.1, 0.15) is 0 Å². The Bertz CT molecular complexity index is 397. The molecule has 0 spiro atoms. The molecule has 1 N–H and O–H groups in total. The lowest BCUT2D eigenvalue weighted by Crippen LogP contribution is -2.40. The molecule has 0 radical (unpaired) electrons. The highest BCUT2D eigenvalue weighted by atomic mass is 15.0. The first-order chi connectivity index (χ1) is 6.86. The van der Waals surface area contributed by atoms with Gasteiger partial charge in [-0.05, 0) is 43.5 Å². The Kier molecular flexibility index (Phi) is 1.71. The molecule has 2 heterocycles. The molecular weight excluding hydrogens is 172 g/mol. The number of piperidine rings is 1. The molecule has 1 saturated heterocycles. The van der Waals surface area contributed by atoms with Gasteiger partial charge in [-0.3, -0.25) is 4.99 Å². The Labute approximate surface area is 84.1 Å². The number of allylic oxidation sites excluding steroid dienone is 4. The SMILES string of the molecule is CC1NCCC2=C3CC=CC=C3N=C21. The Hall–Kier alpha value is -1.15. The summed E-state index contributed by atoms with van der Waals surface area (Å²) in [6.07, 6.45) is 8.67. The third-order valence-electron chi connectivity index (χ3n) is 3.17. The predicted molar refractivity (Wildman–Crippen MR) is 58.4 cm³/mol. The summed E-state index contributed by atoms with van der Waals surface area (Å²) in [5.41, 5.74) is 5.46. The highest BCUT2D eigenvalue weighted by Gasteiger charge is 2.29. The second-order valence-corrected chi connectivity index (χ2v) is 4.06. The van der Waals surface area contributed by atoms with Gasteiger partial charge < -0.3 is 5.32 Å². The molecule has 1 unspecified atom stereocenters. The maximum absolute atomic E-state index is 4.70. The van der Waals surface area contributed by atoms with E-state index in [4.69, 9.17) is 4.99 Å². The number of aliphatic imine (C=N–C) groups is 1. The number of nitrogens with zero attached hydrogens (tertiary/aromatic N) is 1. The maximum atomic E-state index is 4.70. The molecule has 0 aromatic carbocycles. The molecule has 0 aromatic rings. The molecule has 2 aliphatic heterocycles. The lowest BCUT2D eigenvalue weighted by molar-refractivity contribution is 0.629. The minimum absolute atomic E-state index is 0.428. The van der Waals surface area contributed by atoms with E-state index in [-0.39, 0.29) is 0 Å². The number of nitrogens with one attached hydrogen (secondary N) is 1. The van der Waals surface area contributed by atoms with Gasteiger partial charge in [-0.1, -0.05) is 12.2 Å². The average molecular weight is 186 g/mol. The third-order valence-corrected chi connectivity index (χ3v) is 3.17. The molecular formula is C12H14N2. The van der Waals surface area contributed by atoms with Crippen LogP contribution in [0.25, 0.3) is 0 Å². The topological polar surface area (TPSA) is 24.4 Å². The maximum Gasteiger partial charge on any atom is 0.0672 e. The van der Waals surface area contributed by atoms with Crippen LogP contribution in [0.2, 0.25) is 0 Å². The molecule has 3 aliphatic rings. The Morgan fingerprint density at radius 3 is 3.29 bits per heavy atom. The molecule has 72 valence electrons. The van der Waals surface area contributed by atoms with Crippen LogP contribution in [0.15, 0.2) is 40.1 Å². The molecule has 0 aromatic heterocycles. The van der Waals surface area contributed by atoms with E-state index in [1.807, 2.05) is 0 Å². The molecule has 14 heavy (non-hydrogen) atoms. The third kappa shape index (κ3) is 1.04. The van der Waals surface area contributed by atoms with Crippen LogP contribution < -0.4 is 5.32 Å². The summed E-state index contributed by atoms with van der Waals surface area (Å²) in [6, 6.07) is 0.428. The van der Waals surface area contributed by atoms with Crippen LogP contribution in [0, 0.1) is 0 Å². The first-order valence-electron chi connectivity index (χ1n) is 5.28. The fraction of sp³-hybridized carbons (Fsp3) is 0.417. The smallest absolute Gasteiger partial charge is 0.0672 e. The van der Waals surface area contributed by atoms with E-state index in [9.17, 15) is 0 Å². The molecule has 2 nitrogen and oxygen atoms in total. The van der Waals surface area contributed by atoms with Crippen molar-refractivity contribution in [3.05, 3.63) is 35.1 Å². The second-order valence-electron chi connectivity index (χ2n) is 4.06.